The Labute approximate surface area is 329 Å². The van der Waals surface area contributed by atoms with Crippen LogP contribution in [0.4, 0.5) is 22.7 Å². The molecule has 0 unspecified atom stereocenters. The first-order valence-electron chi connectivity index (χ1n) is 19.1. The van der Waals surface area contributed by atoms with Crippen molar-refractivity contribution in [1.29, 1.82) is 0 Å². The molecule has 0 atom stereocenters. The quantitative estimate of drug-likeness (QED) is 0.147. The zero-order chi connectivity index (χ0) is 37.5. The molecule has 0 bridgehead atoms. The summed E-state index contributed by atoms with van der Waals surface area (Å²) < 4.78 is 0. The van der Waals surface area contributed by atoms with Gasteiger partial charge in [0.2, 0.25) is 0 Å². The Morgan fingerprint density at radius 1 is 0.196 bits per heavy atom. The monoisotopic (exact) mass is 716 g/mol. The predicted molar refractivity (Wildman–Crippen MR) is 239 cm³/mol. The van der Waals surface area contributed by atoms with Crippen LogP contribution in [0.15, 0.2) is 231 Å². The second-order valence-corrected chi connectivity index (χ2v) is 14.0. The van der Waals surface area contributed by atoms with Gasteiger partial charge in [-0.3, -0.25) is 0 Å². The average molecular weight is 717 g/mol. The van der Waals surface area contributed by atoms with E-state index in [0.717, 1.165) is 56.1 Å². The van der Waals surface area contributed by atoms with Crippen molar-refractivity contribution in [2.24, 2.45) is 0 Å². The molecule has 0 spiro atoms. The highest BCUT2D eigenvalue weighted by Gasteiger charge is 2.14. The maximum Gasteiger partial charge on any atom is 0.0464 e. The van der Waals surface area contributed by atoms with Crippen molar-refractivity contribution >= 4 is 22.7 Å². The topological polar surface area (TPSA) is 24.1 Å². The van der Waals surface area contributed by atoms with E-state index in [1.54, 1.807) is 0 Å². The fourth-order valence-electron chi connectivity index (χ4n) is 7.36. The predicted octanol–water partition coefficient (Wildman–Crippen LogP) is 15.2. The second-order valence-electron chi connectivity index (χ2n) is 14.0. The van der Waals surface area contributed by atoms with E-state index in [2.05, 4.69) is 241 Å². The van der Waals surface area contributed by atoms with E-state index in [1.165, 1.54) is 33.4 Å². The summed E-state index contributed by atoms with van der Waals surface area (Å²) in [5.41, 5.74) is 18.2. The molecular formula is C54H40N2. The molecule has 0 fully saturated rings. The maximum absolute atomic E-state index is 3.85. The van der Waals surface area contributed by atoms with E-state index in [1.807, 2.05) is 0 Å². The summed E-state index contributed by atoms with van der Waals surface area (Å²) in [7, 11) is 0. The highest BCUT2D eigenvalue weighted by Crippen LogP contribution is 2.40. The normalized spacial score (nSPS) is 10.9. The van der Waals surface area contributed by atoms with Crippen molar-refractivity contribution in [1.82, 2.24) is 0 Å². The lowest BCUT2D eigenvalue weighted by molar-refractivity contribution is 1.50. The van der Waals surface area contributed by atoms with Gasteiger partial charge in [-0.25, -0.2) is 0 Å². The first-order chi connectivity index (χ1) is 27.7. The molecule has 0 aromatic heterocycles. The summed E-state index contributed by atoms with van der Waals surface area (Å²) in [6, 6.07) is 81.9. The molecular weight excluding hydrogens is 677 g/mol. The van der Waals surface area contributed by atoms with Crippen molar-refractivity contribution in [2.75, 3.05) is 10.6 Å². The molecule has 0 heterocycles. The number of benzene rings is 9. The Bertz CT molecular complexity index is 2630. The van der Waals surface area contributed by atoms with E-state index in [9.17, 15) is 0 Å². The van der Waals surface area contributed by atoms with Gasteiger partial charge in [0, 0.05) is 33.9 Å². The summed E-state index contributed by atoms with van der Waals surface area (Å²) in [4.78, 5) is 0. The number of anilines is 4. The van der Waals surface area contributed by atoms with E-state index in [4.69, 9.17) is 0 Å². The van der Waals surface area contributed by atoms with Gasteiger partial charge in [0.15, 0.2) is 0 Å². The fraction of sp³-hybridized carbons (Fsp3) is 0. The highest BCUT2D eigenvalue weighted by molar-refractivity contribution is 5.90. The van der Waals surface area contributed by atoms with E-state index >= 15 is 0 Å². The van der Waals surface area contributed by atoms with Gasteiger partial charge in [-0.05, 0) is 110 Å². The molecule has 0 radical (unpaired) electrons. The standard InChI is InChI=1S/C54H40N2/c1-6-16-39(17-7-1)42-26-30-49(31-27-42)55-53-32-28-45(37-51(53)43-22-12-4-13-23-43)46-29-33-54(52(38-46)44-24-14-5-15-25-44)56-50-35-47(40-18-8-2-9-19-40)34-48(36-50)41-20-10-3-11-21-41/h1-38,55-56H. The molecule has 2 N–H and O–H groups in total. The van der Waals surface area contributed by atoms with Crippen LogP contribution in [0.5, 0.6) is 0 Å². The van der Waals surface area contributed by atoms with Gasteiger partial charge >= 0.3 is 0 Å². The molecule has 0 aliphatic heterocycles. The van der Waals surface area contributed by atoms with Crippen LogP contribution in [0.1, 0.15) is 0 Å². The maximum atomic E-state index is 3.85. The van der Waals surface area contributed by atoms with Crippen LogP contribution in [0.3, 0.4) is 0 Å². The number of rotatable bonds is 10. The van der Waals surface area contributed by atoms with E-state index in [0.29, 0.717) is 0 Å². The third-order valence-electron chi connectivity index (χ3n) is 10.2. The Morgan fingerprint density at radius 3 is 0.929 bits per heavy atom. The molecule has 0 amide bonds. The Balaban J connectivity index is 1.09. The number of nitrogens with one attached hydrogen (secondary N) is 2. The molecule has 266 valence electrons. The molecule has 9 aromatic rings. The molecule has 0 aliphatic rings. The minimum absolute atomic E-state index is 1.04. The van der Waals surface area contributed by atoms with Gasteiger partial charge in [0.25, 0.3) is 0 Å². The van der Waals surface area contributed by atoms with Crippen LogP contribution in [-0.4, -0.2) is 0 Å². The van der Waals surface area contributed by atoms with Crippen LogP contribution in [0.25, 0.3) is 66.8 Å². The first kappa shape index (κ1) is 34.4. The summed E-state index contributed by atoms with van der Waals surface area (Å²) in [5.74, 6) is 0. The molecule has 9 aromatic carbocycles. The van der Waals surface area contributed by atoms with Gasteiger partial charge in [0.05, 0.1) is 0 Å². The van der Waals surface area contributed by atoms with Crippen molar-refractivity contribution in [3.05, 3.63) is 231 Å². The zero-order valence-corrected chi connectivity index (χ0v) is 30.9. The summed E-state index contributed by atoms with van der Waals surface area (Å²) in [5, 5.41) is 7.57. The van der Waals surface area contributed by atoms with Crippen LogP contribution >= 0.6 is 0 Å². The SMILES string of the molecule is c1ccc(-c2ccc(Nc3ccc(-c4ccc(Nc5cc(-c6ccccc6)cc(-c6ccccc6)c5)c(-c5ccccc5)c4)cc3-c3ccccc3)cc2)cc1. The van der Waals surface area contributed by atoms with Crippen LogP contribution in [0.2, 0.25) is 0 Å². The summed E-state index contributed by atoms with van der Waals surface area (Å²) in [6.07, 6.45) is 0. The third kappa shape index (κ3) is 7.64. The number of hydrogen-bond donors (Lipinski definition) is 2. The highest BCUT2D eigenvalue weighted by atomic mass is 14.9. The zero-order valence-electron chi connectivity index (χ0n) is 30.9. The van der Waals surface area contributed by atoms with Gasteiger partial charge in [-0.15, -0.1) is 0 Å². The lowest BCUT2D eigenvalue weighted by Gasteiger charge is -2.18. The Hall–Kier alpha value is -7.42. The molecule has 9 rings (SSSR count). The number of hydrogen-bond acceptors (Lipinski definition) is 2. The van der Waals surface area contributed by atoms with Crippen LogP contribution in [-0.2, 0) is 0 Å². The van der Waals surface area contributed by atoms with Crippen LogP contribution in [0, 0.1) is 0 Å². The first-order valence-corrected chi connectivity index (χ1v) is 19.1. The van der Waals surface area contributed by atoms with Gasteiger partial charge in [0.1, 0.15) is 0 Å². The average Bonchev–Trinajstić information content (AvgIpc) is 3.28. The lowest BCUT2D eigenvalue weighted by atomic mass is 9.94. The van der Waals surface area contributed by atoms with Crippen molar-refractivity contribution in [3.8, 4) is 66.8 Å². The molecule has 2 heteroatoms. The smallest absolute Gasteiger partial charge is 0.0464 e. The minimum Gasteiger partial charge on any atom is -0.355 e. The molecule has 0 saturated heterocycles. The van der Waals surface area contributed by atoms with Crippen LogP contribution < -0.4 is 10.6 Å². The molecule has 0 saturated carbocycles. The van der Waals surface area contributed by atoms with E-state index in [-0.39, 0.29) is 0 Å². The Kier molecular flexibility index (Phi) is 9.75. The lowest BCUT2D eigenvalue weighted by Crippen LogP contribution is -1.97. The van der Waals surface area contributed by atoms with Crippen molar-refractivity contribution < 1.29 is 0 Å². The Morgan fingerprint density at radius 2 is 0.518 bits per heavy atom. The van der Waals surface area contributed by atoms with Crippen molar-refractivity contribution in [2.45, 2.75) is 0 Å². The van der Waals surface area contributed by atoms with E-state index < -0.39 is 0 Å². The second kappa shape index (κ2) is 15.9. The largest absolute Gasteiger partial charge is 0.355 e. The molecule has 2 nitrogen and oxygen atoms in total. The summed E-state index contributed by atoms with van der Waals surface area (Å²) >= 11 is 0. The van der Waals surface area contributed by atoms with Gasteiger partial charge in [-0.1, -0.05) is 176 Å². The third-order valence-corrected chi connectivity index (χ3v) is 10.2. The molecule has 0 aliphatic carbocycles. The van der Waals surface area contributed by atoms with Gasteiger partial charge < -0.3 is 10.6 Å². The summed E-state index contributed by atoms with van der Waals surface area (Å²) in [6.45, 7) is 0. The molecule has 56 heavy (non-hydrogen) atoms. The van der Waals surface area contributed by atoms with Crippen molar-refractivity contribution in [3.63, 3.8) is 0 Å². The van der Waals surface area contributed by atoms with Gasteiger partial charge in [-0.2, -0.15) is 0 Å². The minimum atomic E-state index is 1.04. The fourth-order valence-corrected chi connectivity index (χ4v) is 7.36.